The monoisotopic (exact) mass is 604 g/mol. The van der Waals surface area contributed by atoms with Gasteiger partial charge < -0.3 is 0 Å². The minimum atomic E-state index is 0.598. The molecular weight excluding hydrogens is 581 g/mol. The Bertz CT molecular complexity index is 2650. The molecule has 4 nitrogen and oxygen atoms in total. The molecular formula is C41H24N4S. The number of rotatable bonds is 3. The Morgan fingerprint density at radius 3 is 2.07 bits per heavy atom. The largest absolute Gasteiger partial charge is 0.278 e. The van der Waals surface area contributed by atoms with Crippen molar-refractivity contribution in [3.8, 4) is 33.9 Å². The van der Waals surface area contributed by atoms with Gasteiger partial charge >= 0.3 is 0 Å². The Morgan fingerprint density at radius 2 is 1.15 bits per heavy atom. The molecule has 0 saturated heterocycles. The van der Waals surface area contributed by atoms with Crippen molar-refractivity contribution < 1.29 is 0 Å². The number of hydrogen-bond donors (Lipinski definition) is 0. The lowest BCUT2D eigenvalue weighted by Gasteiger charge is -2.32. The van der Waals surface area contributed by atoms with Crippen LogP contribution in [-0.2, 0) is 0 Å². The zero-order valence-electron chi connectivity index (χ0n) is 24.6. The Morgan fingerprint density at radius 1 is 0.457 bits per heavy atom. The van der Waals surface area contributed by atoms with Gasteiger partial charge in [0.05, 0.1) is 11.4 Å². The molecule has 7 aromatic carbocycles. The molecule has 2 aromatic heterocycles. The van der Waals surface area contributed by atoms with E-state index in [2.05, 4.69) is 132 Å². The van der Waals surface area contributed by atoms with Gasteiger partial charge in [0.2, 0.25) is 5.95 Å². The van der Waals surface area contributed by atoms with E-state index in [9.17, 15) is 0 Å². The van der Waals surface area contributed by atoms with Crippen LogP contribution in [0.5, 0.6) is 0 Å². The molecule has 0 saturated carbocycles. The number of thiophene rings is 1. The molecule has 0 spiro atoms. The standard InChI is InChI=1S/C41H24N4S/c1-2-12-27(13-3-1)39-42-40(32-20-10-18-30-29-17-6-7-22-35(29)46-38(30)32)44-41(43-39)45-33-21-9-15-26-14-8-19-31(36(26)33)37-28-16-5-4-11-25(28)23-24-34(37)45/h1-24H. The van der Waals surface area contributed by atoms with Crippen LogP contribution in [0.2, 0.25) is 0 Å². The summed E-state index contributed by atoms with van der Waals surface area (Å²) >= 11 is 1.79. The predicted octanol–water partition coefficient (Wildman–Crippen LogP) is 11.3. The van der Waals surface area contributed by atoms with Crippen LogP contribution in [0.25, 0.3) is 75.6 Å². The van der Waals surface area contributed by atoms with Gasteiger partial charge in [0, 0.05) is 42.2 Å². The summed E-state index contributed by atoms with van der Waals surface area (Å²) in [6.45, 7) is 0. The van der Waals surface area contributed by atoms with Crippen LogP contribution in [0.3, 0.4) is 0 Å². The molecule has 0 amide bonds. The Hall–Kier alpha value is -5.91. The summed E-state index contributed by atoms with van der Waals surface area (Å²) in [5.41, 5.74) is 6.49. The first-order valence-corrected chi connectivity index (χ1v) is 16.2. The van der Waals surface area contributed by atoms with Crippen molar-refractivity contribution in [2.75, 3.05) is 4.90 Å². The van der Waals surface area contributed by atoms with Crippen molar-refractivity contribution in [2.45, 2.75) is 0 Å². The Balaban J connectivity index is 1.30. The number of aromatic nitrogens is 3. The smallest absolute Gasteiger partial charge is 0.238 e. The number of hydrogen-bond acceptors (Lipinski definition) is 5. The van der Waals surface area contributed by atoms with Gasteiger partial charge in [-0.1, -0.05) is 121 Å². The van der Waals surface area contributed by atoms with E-state index >= 15 is 0 Å². The van der Waals surface area contributed by atoms with Crippen LogP contribution >= 0.6 is 11.3 Å². The highest BCUT2D eigenvalue weighted by atomic mass is 32.1. The summed E-state index contributed by atoms with van der Waals surface area (Å²) in [6.07, 6.45) is 0. The molecule has 0 aliphatic carbocycles. The molecule has 0 atom stereocenters. The minimum Gasteiger partial charge on any atom is -0.278 e. The highest BCUT2D eigenvalue weighted by Crippen LogP contribution is 2.52. The summed E-state index contributed by atoms with van der Waals surface area (Å²) in [6, 6.07) is 51.4. The molecule has 9 aromatic rings. The molecule has 3 heterocycles. The maximum absolute atomic E-state index is 5.32. The maximum atomic E-state index is 5.32. The van der Waals surface area contributed by atoms with Crippen LogP contribution in [0, 0.1) is 0 Å². The second-order valence-corrected chi connectivity index (χ2v) is 12.7. The van der Waals surface area contributed by atoms with Gasteiger partial charge in [-0.3, -0.25) is 4.90 Å². The average Bonchev–Trinajstić information content (AvgIpc) is 3.51. The summed E-state index contributed by atoms with van der Waals surface area (Å²) in [5, 5.41) is 7.27. The molecule has 46 heavy (non-hydrogen) atoms. The van der Waals surface area contributed by atoms with Crippen LogP contribution in [0.4, 0.5) is 17.3 Å². The predicted molar refractivity (Wildman–Crippen MR) is 192 cm³/mol. The van der Waals surface area contributed by atoms with Crippen molar-refractivity contribution >= 4 is 70.4 Å². The maximum Gasteiger partial charge on any atom is 0.238 e. The van der Waals surface area contributed by atoms with E-state index in [0.717, 1.165) is 22.5 Å². The lowest BCUT2D eigenvalue weighted by atomic mass is 9.88. The summed E-state index contributed by atoms with van der Waals surface area (Å²) in [5.74, 6) is 1.90. The SMILES string of the molecule is c1ccc(-c2nc(-c3cccc4c3sc3ccccc34)nc(N3c4ccc5ccccc5c4-c4cccc5cccc3c45)n2)cc1. The van der Waals surface area contributed by atoms with Crippen molar-refractivity contribution in [2.24, 2.45) is 0 Å². The van der Waals surface area contributed by atoms with Crippen molar-refractivity contribution in [1.82, 2.24) is 15.0 Å². The van der Waals surface area contributed by atoms with E-state index in [1.165, 1.54) is 52.8 Å². The summed E-state index contributed by atoms with van der Waals surface area (Å²) < 4.78 is 2.43. The van der Waals surface area contributed by atoms with E-state index in [1.807, 2.05) is 18.2 Å². The average molecular weight is 605 g/mol. The fourth-order valence-electron chi connectivity index (χ4n) is 7.02. The molecule has 1 aliphatic heterocycles. The van der Waals surface area contributed by atoms with Crippen molar-refractivity contribution in [1.29, 1.82) is 0 Å². The summed E-state index contributed by atoms with van der Waals surface area (Å²) in [4.78, 5) is 17.9. The molecule has 0 radical (unpaired) electrons. The molecule has 5 heteroatoms. The molecule has 0 fully saturated rings. The van der Waals surface area contributed by atoms with Gasteiger partial charge in [0.15, 0.2) is 11.6 Å². The van der Waals surface area contributed by atoms with Crippen LogP contribution < -0.4 is 4.90 Å². The van der Waals surface area contributed by atoms with Gasteiger partial charge in [0.1, 0.15) is 0 Å². The van der Waals surface area contributed by atoms with Crippen LogP contribution in [0.15, 0.2) is 146 Å². The van der Waals surface area contributed by atoms with E-state index in [0.29, 0.717) is 17.6 Å². The molecule has 0 unspecified atom stereocenters. The van der Waals surface area contributed by atoms with Crippen LogP contribution in [-0.4, -0.2) is 15.0 Å². The lowest BCUT2D eigenvalue weighted by molar-refractivity contribution is 1.03. The van der Waals surface area contributed by atoms with E-state index in [-0.39, 0.29) is 0 Å². The second-order valence-electron chi connectivity index (χ2n) is 11.6. The van der Waals surface area contributed by atoms with Gasteiger partial charge in [-0.15, -0.1) is 11.3 Å². The number of fused-ring (bicyclic) bond motifs is 7. The highest BCUT2D eigenvalue weighted by molar-refractivity contribution is 7.26. The second kappa shape index (κ2) is 9.80. The first-order valence-electron chi connectivity index (χ1n) is 15.4. The molecule has 214 valence electrons. The van der Waals surface area contributed by atoms with E-state index in [4.69, 9.17) is 15.0 Å². The minimum absolute atomic E-state index is 0.598. The number of nitrogens with zero attached hydrogens (tertiary/aromatic N) is 4. The van der Waals surface area contributed by atoms with Gasteiger partial charge in [-0.2, -0.15) is 9.97 Å². The molecule has 10 rings (SSSR count). The van der Waals surface area contributed by atoms with Gasteiger partial charge in [0.25, 0.3) is 0 Å². The fourth-order valence-corrected chi connectivity index (χ4v) is 8.23. The normalized spacial score (nSPS) is 12.3. The number of anilines is 3. The highest BCUT2D eigenvalue weighted by Gasteiger charge is 2.30. The summed E-state index contributed by atoms with van der Waals surface area (Å²) in [7, 11) is 0. The first kappa shape index (κ1) is 25.4. The van der Waals surface area contributed by atoms with E-state index in [1.54, 1.807) is 11.3 Å². The topological polar surface area (TPSA) is 41.9 Å². The molecule has 0 N–H and O–H groups in total. The van der Waals surface area contributed by atoms with Gasteiger partial charge in [-0.05, 0) is 46.0 Å². The first-order chi connectivity index (χ1) is 22.8. The third kappa shape index (κ3) is 3.69. The van der Waals surface area contributed by atoms with E-state index < -0.39 is 0 Å². The molecule has 1 aliphatic rings. The Labute approximate surface area is 268 Å². The van der Waals surface area contributed by atoms with Gasteiger partial charge in [-0.25, -0.2) is 4.98 Å². The fraction of sp³-hybridized carbons (Fsp3) is 0. The number of benzene rings is 7. The zero-order valence-corrected chi connectivity index (χ0v) is 25.4. The lowest BCUT2D eigenvalue weighted by Crippen LogP contribution is -2.19. The third-order valence-electron chi connectivity index (χ3n) is 9.04. The zero-order chi connectivity index (χ0) is 30.2. The van der Waals surface area contributed by atoms with Crippen LogP contribution in [0.1, 0.15) is 0 Å². The van der Waals surface area contributed by atoms with Crippen molar-refractivity contribution in [3.05, 3.63) is 146 Å². The Kier molecular flexibility index (Phi) is 5.41. The third-order valence-corrected chi connectivity index (χ3v) is 10.3. The molecule has 0 bridgehead atoms. The van der Waals surface area contributed by atoms with Crippen molar-refractivity contribution in [3.63, 3.8) is 0 Å². The quantitative estimate of drug-likeness (QED) is 0.201.